The van der Waals surface area contributed by atoms with Crippen LogP contribution in [-0.2, 0) is 11.2 Å². The minimum atomic E-state index is -0.366. The molecule has 4 nitrogen and oxygen atoms in total. The van der Waals surface area contributed by atoms with Crippen LogP contribution in [0.2, 0.25) is 0 Å². The monoisotopic (exact) mass is 448 g/mol. The predicted molar refractivity (Wildman–Crippen MR) is 114 cm³/mol. The van der Waals surface area contributed by atoms with Gasteiger partial charge < -0.3 is 9.47 Å². The first-order chi connectivity index (χ1) is 14.0. The Morgan fingerprint density at radius 2 is 1.76 bits per heavy atom. The van der Waals surface area contributed by atoms with Gasteiger partial charge in [-0.25, -0.2) is 0 Å². The van der Waals surface area contributed by atoms with Gasteiger partial charge in [-0.15, -0.1) is 0 Å². The molecule has 0 aliphatic carbocycles. The molecule has 0 radical (unpaired) electrons. The number of rotatable bonds is 4. The fraction of sp³-hybridized carbons (Fsp3) is 0.0833. The van der Waals surface area contributed by atoms with Gasteiger partial charge in [0.25, 0.3) is 0 Å². The molecule has 1 aliphatic heterocycles. The summed E-state index contributed by atoms with van der Waals surface area (Å²) < 4.78 is 12.3. The molecule has 0 fully saturated rings. The largest absolute Gasteiger partial charge is 0.452 e. The Balaban J connectivity index is 1.55. The number of halogens is 1. The number of allylic oxidation sites excluding steroid dienone is 1. The van der Waals surface area contributed by atoms with Gasteiger partial charge in [0, 0.05) is 10.0 Å². The molecule has 144 valence electrons. The van der Waals surface area contributed by atoms with Crippen molar-refractivity contribution in [2.75, 3.05) is 0 Å². The van der Waals surface area contributed by atoms with Gasteiger partial charge in [-0.2, -0.15) is 0 Å². The van der Waals surface area contributed by atoms with Crippen LogP contribution >= 0.6 is 15.9 Å². The van der Waals surface area contributed by atoms with Crippen molar-refractivity contribution >= 4 is 33.8 Å². The summed E-state index contributed by atoms with van der Waals surface area (Å²) in [6.07, 6.45) is 1.88. The quantitative estimate of drug-likeness (QED) is 0.299. The predicted octanol–water partition coefficient (Wildman–Crippen LogP) is 5.52. The van der Waals surface area contributed by atoms with Gasteiger partial charge in [0.05, 0.1) is 12.0 Å². The SMILES string of the molecule is Cc1c(OC(=O)Cc2ccccc2)ccc2c1O/C(=C\c1ccc(Br)cc1)C2=O. The van der Waals surface area contributed by atoms with Crippen molar-refractivity contribution in [3.05, 3.63) is 99.2 Å². The summed E-state index contributed by atoms with van der Waals surface area (Å²) in [6, 6.07) is 20.2. The molecule has 29 heavy (non-hydrogen) atoms. The fourth-order valence-corrected chi connectivity index (χ4v) is 3.37. The first kappa shape index (κ1) is 19.2. The number of Topliss-reactive ketones (excluding diaryl/α,β-unsaturated/α-hetero) is 1. The first-order valence-electron chi connectivity index (χ1n) is 9.09. The van der Waals surface area contributed by atoms with E-state index >= 15 is 0 Å². The van der Waals surface area contributed by atoms with Crippen LogP contribution in [0.3, 0.4) is 0 Å². The molecular weight excluding hydrogens is 432 g/mol. The Morgan fingerprint density at radius 3 is 2.48 bits per heavy atom. The molecule has 0 bridgehead atoms. The molecule has 5 heteroatoms. The Bertz CT molecular complexity index is 1120. The molecule has 0 atom stereocenters. The molecule has 0 aromatic heterocycles. The summed E-state index contributed by atoms with van der Waals surface area (Å²) in [5, 5.41) is 0. The molecule has 0 saturated carbocycles. The van der Waals surface area contributed by atoms with E-state index < -0.39 is 0 Å². The highest BCUT2D eigenvalue weighted by molar-refractivity contribution is 9.10. The van der Waals surface area contributed by atoms with Gasteiger partial charge in [0.2, 0.25) is 5.78 Å². The van der Waals surface area contributed by atoms with Crippen LogP contribution in [0.25, 0.3) is 6.08 Å². The third kappa shape index (κ3) is 4.15. The van der Waals surface area contributed by atoms with E-state index in [-0.39, 0.29) is 23.9 Å². The van der Waals surface area contributed by atoms with Crippen molar-refractivity contribution in [3.63, 3.8) is 0 Å². The molecule has 0 saturated heterocycles. The van der Waals surface area contributed by atoms with E-state index in [1.807, 2.05) is 54.6 Å². The molecule has 0 spiro atoms. The lowest BCUT2D eigenvalue weighted by Gasteiger charge is -2.10. The number of ether oxygens (including phenoxy) is 2. The molecule has 1 heterocycles. The second-order valence-electron chi connectivity index (χ2n) is 6.69. The molecule has 0 unspecified atom stereocenters. The first-order valence-corrected chi connectivity index (χ1v) is 9.88. The Hall–Kier alpha value is -3.18. The van der Waals surface area contributed by atoms with Crippen LogP contribution in [0.1, 0.15) is 27.0 Å². The van der Waals surface area contributed by atoms with Crippen molar-refractivity contribution in [2.45, 2.75) is 13.3 Å². The standard InChI is InChI=1S/C24H17BrO4/c1-15-20(28-22(26)14-16-5-3-2-4-6-16)12-11-19-23(27)21(29-24(15)19)13-17-7-9-18(25)10-8-17/h2-13H,14H2,1H3/b21-13-. The Morgan fingerprint density at radius 1 is 1.03 bits per heavy atom. The summed E-state index contributed by atoms with van der Waals surface area (Å²) in [5.41, 5.74) is 2.82. The van der Waals surface area contributed by atoms with Crippen molar-refractivity contribution in [1.29, 1.82) is 0 Å². The third-order valence-corrected chi connectivity index (χ3v) is 5.15. The van der Waals surface area contributed by atoms with Crippen LogP contribution in [-0.4, -0.2) is 11.8 Å². The van der Waals surface area contributed by atoms with Gasteiger partial charge in [0.1, 0.15) is 11.5 Å². The van der Waals surface area contributed by atoms with Crippen LogP contribution in [0.4, 0.5) is 0 Å². The highest BCUT2D eigenvalue weighted by atomic mass is 79.9. The van der Waals surface area contributed by atoms with E-state index in [2.05, 4.69) is 15.9 Å². The van der Waals surface area contributed by atoms with Crippen molar-refractivity contribution in [1.82, 2.24) is 0 Å². The number of hydrogen-bond donors (Lipinski definition) is 0. The normalized spacial score (nSPS) is 13.9. The van der Waals surface area contributed by atoms with Crippen molar-refractivity contribution in [3.8, 4) is 11.5 Å². The summed E-state index contributed by atoms with van der Waals surface area (Å²) in [7, 11) is 0. The van der Waals surface area contributed by atoms with Crippen molar-refractivity contribution < 1.29 is 19.1 Å². The minimum Gasteiger partial charge on any atom is -0.452 e. The zero-order valence-corrected chi connectivity index (χ0v) is 17.2. The molecule has 0 amide bonds. The Labute approximate surface area is 176 Å². The maximum atomic E-state index is 12.7. The van der Waals surface area contributed by atoms with Gasteiger partial charge in [-0.3, -0.25) is 9.59 Å². The molecule has 3 aromatic rings. The molecular formula is C24H17BrO4. The van der Waals surface area contributed by atoms with Gasteiger partial charge in [-0.05, 0) is 48.4 Å². The van der Waals surface area contributed by atoms with Crippen LogP contribution < -0.4 is 9.47 Å². The highest BCUT2D eigenvalue weighted by Gasteiger charge is 2.30. The molecule has 4 rings (SSSR count). The molecule has 0 N–H and O–H groups in total. The number of benzene rings is 3. The zero-order valence-electron chi connectivity index (χ0n) is 15.6. The van der Waals surface area contributed by atoms with E-state index in [4.69, 9.17) is 9.47 Å². The van der Waals surface area contributed by atoms with Crippen LogP contribution in [0.15, 0.2) is 77.0 Å². The average Bonchev–Trinajstić information content (AvgIpc) is 3.03. The summed E-state index contributed by atoms with van der Waals surface area (Å²) >= 11 is 3.39. The van der Waals surface area contributed by atoms with Crippen molar-refractivity contribution in [2.24, 2.45) is 0 Å². The number of fused-ring (bicyclic) bond motifs is 1. The lowest BCUT2D eigenvalue weighted by Crippen LogP contribution is -2.12. The number of esters is 1. The lowest BCUT2D eigenvalue weighted by atomic mass is 10.1. The van der Waals surface area contributed by atoms with Crippen LogP contribution in [0.5, 0.6) is 11.5 Å². The summed E-state index contributed by atoms with van der Waals surface area (Å²) in [4.78, 5) is 25.0. The van der Waals surface area contributed by atoms with Gasteiger partial charge in [0.15, 0.2) is 5.76 Å². The van der Waals surface area contributed by atoms with E-state index in [9.17, 15) is 9.59 Å². The van der Waals surface area contributed by atoms with Crippen LogP contribution in [0, 0.1) is 6.92 Å². The van der Waals surface area contributed by atoms with Gasteiger partial charge >= 0.3 is 5.97 Å². The maximum Gasteiger partial charge on any atom is 0.315 e. The Kier molecular flexibility index (Phi) is 5.32. The summed E-state index contributed by atoms with van der Waals surface area (Å²) in [6.45, 7) is 1.78. The zero-order chi connectivity index (χ0) is 20.4. The number of ketones is 1. The number of hydrogen-bond acceptors (Lipinski definition) is 4. The number of carbonyl (C=O) groups is 2. The topological polar surface area (TPSA) is 52.6 Å². The number of carbonyl (C=O) groups excluding carboxylic acids is 2. The molecule has 3 aromatic carbocycles. The maximum absolute atomic E-state index is 12.7. The van der Waals surface area contributed by atoms with E-state index in [0.717, 1.165) is 15.6 Å². The second-order valence-corrected chi connectivity index (χ2v) is 7.61. The van der Waals surface area contributed by atoms with E-state index in [1.54, 1.807) is 25.1 Å². The van der Waals surface area contributed by atoms with E-state index in [1.165, 1.54) is 0 Å². The third-order valence-electron chi connectivity index (χ3n) is 4.62. The fourth-order valence-electron chi connectivity index (χ4n) is 3.11. The second kappa shape index (κ2) is 8.05. The highest BCUT2D eigenvalue weighted by Crippen LogP contribution is 2.39. The minimum absolute atomic E-state index is 0.172. The van der Waals surface area contributed by atoms with E-state index in [0.29, 0.717) is 22.6 Å². The summed E-state index contributed by atoms with van der Waals surface area (Å²) in [5.74, 6) is 0.520. The molecule has 1 aliphatic rings. The average molecular weight is 449 g/mol. The van der Waals surface area contributed by atoms with Gasteiger partial charge in [-0.1, -0.05) is 58.4 Å². The lowest BCUT2D eigenvalue weighted by molar-refractivity contribution is -0.133. The smallest absolute Gasteiger partial charge is 0.315 e.